The Morgan fingerprint density at radius 1 is 0.917 bits per heavy atom. The van der Waals surface area contributed by atoms with Crippen LogP contribution >= 0.6 is 15.9 Å². The van der Waals surface area contributed by atoms with Gasteiger partial charge in [-0.3, -0.25) is 4.79 Å². The third-order valence-corrected chi connectivity index (χ3v) is 6.52. The number of carbonyl (C=O) groups is 1. The van der Waals surface area contributed by atoms with E-state index in [0.717, 1.165) is 18.2 Å². The SMILES string of the molecule is COc1cc(OC)cc(-n2cc(C(=O)O)c(=O)c3ccc(OCCCc4ccc(CBr)cc4)cc32)c1. The summed E-state index contributed by atoms with van der Waals surface area (Å²) in [5, 5.41) is 10.7. The second-order valence-corrected chi connectivity index (χ2v) is 8.76. The summed E-state index contributed by atoms with van der Waals surface area (Å²) < 4.78 is 18.4. The van der Waals surface area contributed by atoms with Gasteiger partial charge in [0.2, 0.25) is 5.43 Å². The number of rotatable bonds is 10. The van der Waals surface area contributed by atoms with Crippen LogP contribution in [0.2, 0.25) is 0 Å². The van der Waals surface area contributed by atoms with Crippen LogP contribution in [-0.2, 0) is 11.8 Å². The standard InChI is InChI=1S/C28H26BrNO6/c1-34-22-12-20(13-23(14-22)35-2)30-17-25(28(32)33)27(31)24-10-9-21(15-26(24)30)36-11-3-4-18-5-7-19(16-29)8-6-18/h5-10,12-15,17H,3-4,11,16H2,1-2H3,(H,32,33). The topological polar surface area (TPSA) is 87.0 Å². The fraction of sp³-hybridized carbons (Fsp3) is 0.214. The number of benzene rings is 3. The van der Waals surface area contributed by atoms with E-state index in [9.17, 15) is 14.7 Å². The summed E-state index contributed by atoms with van der Waals surface area (Å²) in [7, 11) is 3.07. The summed E-state index contributed by atoms with van der Waals surface area (Å²) >= 11 is 3.46. The average Bonchev–Trinajstić information content (AvgIpc) is 2.91. The number of carboxylic acids is 1. The van der Waals surface area contributed by atoms with Crippen LogP contribution < -0.4 is 19.6 Å². The number of aryl methyl sites for hydroxylation is 1. The first-order valence-corrected chi connectivity index (χ1v) is 12.5. The molecule has 0 bridgehead atoms. The molecule has 0 saturated carbocycles. The largest absolute Gasteiger partial charge is 0.497 e. The predicted molar refractivity (Wildman–Crippen MR) is 142 cm³/mol. The van der Waals surface area contributed by atoms with Crippen molar-refractivity contribution in [2.45, 2.75) is 18.2 Å². The van der Waals surface area contributed by atoms with Crippen LogP contribution in [0.15, 0.2) is 71.7 Å². The maximum absolute atomic E-state index is 12.9. The van der Waals surface area contributed by atoms with Crippen molar-refractivity contribution in [3.05, 3.63) is 93.8 Å². The average molecular weight is 552 g/mol. The van der Waals surface area contributed by atoms with Crippen molar-refractivity contribution < 1.29 is 24.1 Å². The Morgan fingerprint density at radius 3 is 2.19 bits per heavy atom. The molecule has 36 heavy (non-hydrogen) atoms. The van der Waals surface area contributed by atoms with Crippen LogP contribution in [0.4, 0.5) is 0 Å². The first kappa shape index (κ1) is 25.3. The molecule has 0 atom stereocenters. The molecule has 4 rings (SSSR count). The van der Waals surface area contributed by atoms with Gasteiger partial charge in [0.1, 0.15) is 22.8 Å². The maximum Gasteiger partial charge on any atom is 0.341 e. The lowest BCUT2D eigenvalue weighted by molar-refractivity contribution is 0.0695. The minimum Gasteiger partial charge on any atom is -0.497 e. The van der Waals surface area contributed by atoms with Gasteiger partial charge in [-0.05, 0) is 36.1 Å². The highest BCUT2D eigenvalue weighted by molar-refractivity contribution is 9.08. The fourth-order valence-electron chi connectivity index (χ4n) is 3.95. The molecule has 1 N–H and O–H groups in total. The molecule has 1 aromatic heterocycles. The zero-order valence-corrected chi connectivity index (χ0v) is 21.6. The first-order chi connectivity index (χ1) is 17.4. The van der Waals surface area contributed by atoms with Gasteiger partial charge in [-0.2, -0.15) is 0 Å². The van der Waals surface area contributed by atoms with Gasteiger partial charge < -0.3 is 23.9 Å². The van der Waals surface area contributed by atoms with Gasteiger partial charge in [-0.25, -0.2) is 4.79 Å². The Labute approximate surface area is 217 Å². The summed E-state index contributed by atoms with van der Waals surface area (Å²) in [5.74, 6) is 0.354. The fourth-order valence-corrected chi connectivity index (χ4v) is 4.33. The Hall–Kier alpha value is -3.78. The quantitative estimate of drug-likeness (QED) is 0.203. The third-order valence-electron chi connectivity index (χ3n) is 5.88. The van der Waals surface area contributed by atoms with Crippen molar-refractivity contribution in [3.8, 4) is 22.9 Å². The molecule has 3 aromatic carbocycles. The van der Waals surface area contributed by atoms with Gasteiger partial charge in [0.05, 0.1) is 32.0 Å². The number of fused-ring (bicyclic) bond motifs is 1. The number of methoxy groups -OCH3 is 2. The van der Waals surface area contributed by atoms with E-state index in [2.05, 4.69) is 40.2 Å². The summed E-state index contributed by atoms with van der Waals surface area (Å²) in [6.07, 6.45) is 3.03. The number of hydrogen-bond donors (Lipinski definition) is 1. The first-order valence-electron chi connectivity index (χ1n) is 11.4. The number of ether oxygens (including phenoxy) is 3. The lowest BCUT2D eigenvalue weighted by Gasteiger charge is -2.16. The van der Waals surface area contributed by atoms with Crippen LogP contribution in [0.1, 0.15) is 27.9 Å². The highest BCUT2D eigenvalue weighted by atomic mass is 79.9. The molecule has 7 nitrogen and oxygen atoms in total. The number of hydrogen-bond acceptors (Lipinski definition) is 5. The molecule has 186 valence electrons. The minimum absolute atomic E-state index is 0.274. The van der Waals surface area contributed by atoms with Crippen LogP contribution in [0.25, 0.3) is 16.6 Å². The third kappa shape index (κ3) is 5.54. The molecule has 0 aliphatic carbocycles. The monoisotopic (exact) mass is 551 g/mol. The van der Waals surface area contributed by atoms with E-state index in [1.165, 1.54) is 31.5 Å². The summed E-state index contributed by atoms with van der Waals surface area (Å²) in [6, 6.07) is 18.7. The molecule has 4 aromatic rings. The lowest BCUT2D eigenvalue weighted by Crippen LogP contribution is -2.18. The predicted octanol–water partition coefficient (Wildman–Crippen LogP) is 5.61. The molecule has 0 radical (unpaired) electrons. The smallest absolute Gasteiger partial charge is 0.341 e. The van der Waals surface area contributed by atoms with Crippen LogP contribution in [0.5, 0.6) is 17.2 Å². The van der Waals surface area contributed by atoms with E-state index in [1.54, 1.807) is 41.0 Å². The van der Waals surface area contributed by atoms with Crippen molar-refractivity contribution in [1.29, 1.82) is 0 Å². The van der Waals surface area contributed by atoms with Crippen LogP contribution in [0.3, 0.4) is 0 Å². The highest BCUT2D eigenvalue weighted by Crippen LogP contribution is 2.29. The van der Waals surface area contributed by atoms with E-state index in [4.69, 9.17) is 14.2 Å². The minimum atomic E-state index is -1.30. The van der Waals surface area contributed by atoms with Gasteiger partial charge in [0, 0.05) is 41.2 Å². The Balaban J connectivity index is 1.65. The molecule has 0 unspecified atom stereocenters. The molecular formula is C28H26BrNO6. The van der Waals surface area contributed by atoms with Gasteiger partial charge in [-0.1, -0.05) is 40.2 Å². The van der Waals surface area contributed by atoms with Gasteiger partial charge in [0.25, 0.3) is 0 Å². The molecule has 0 aliphatic heterocycles. The maximum atomic E-state index is 12.9. The molecule has 0 aliphatic rings. The second kappa shape index (κ2) is 11.3. The molecule has 1 heterocycles. The van der Waals surface area contributed by atoms with Crippen molar-refractivity contribution >= 4 is 32.8 Å². The zero-order chi connectivity index (χ0) is 25.7. The van der Waals surface area contributed by atoms with E-state index in [0.29, 0.717) is 35.1 Å². The molecule has 0 amide bonds. The molecule has 8 heteroatoms. The normalized spacial score (nSPS) is 10.9. The number of carboxylic acid groups (broad SMARTS) is 1. The Morgan fingerprint density at radius 2 is 1.58 bits per heavy atom. The molecular weight excluding hydrogens is 526 g/mol. The number of nitrogens with zero attached hydrogens (tertiary/aromatic N) is 1. The number of aromatic nitrogens is 1. The summed E-state index contributed by atoms with van der Waals surface area (Å²) in [6.45, 7) is 0.496. The van der Waals surface area contributed by atoms with E-state index < -0.39 is 11.4 Å². The van der Waals surface area contributed by atoms with Crippen LogP contribution in [0, 0.1) is 0 Å². The summed E-state index contributed by atoms with van der Waals surface area (Å²) in [5.41, 5.74) is 2.69. The molecule has 0 saturated heterocycles. The van der Waals surface area contributed by atoms with E-state index >= 15 is 0 Å². The summed E-state index contributed by atoms with van der Waals surface area (Å²) in [4.78, 5) is 24.7. The molecule has 0 spiro atoms. The van der Waals surface area contributed by atoms with Crippen LogP contribution in [-0.4, -0.2) is 36.5 Å². The number of alkyl halides is 1. The molecule has 0 fully saturated rings. The van der Waals surface area contributed by atoms with Gasteiger partial charge in [0.15, 0.2) is 0 Å². The van der Waals surface area contributed by atoms with Crippen molar-refractivity contribution in [2.24, 2.45) is 0 Å². The number of aromatic carboxylic acids is 1. The van der Waals surface area contributed by atoms with E-state index in [1.807, 2.05) is 0 Å². The Kier molecular flexibility index (Phi) is 7.95. The Bertz CT molecular complexity index is 1420. The van der Waals surface area contributed by atoms with E-state index in [-0.39, 0.29) is 10.9 Å². The highest BCUT2D eigenvalue weighted by Gasteiger charge is 2.17. The lowest BCUT2D eigenvalue weighted by atomic mass is 10.1. The van der Waals surface area contributed by atoms with Crippen molar-refractivity contribution in [2.75, 3.05) is 20.8 Å². The zero-order valence-electron chi connectivity index (χ0n) is 20.0. The van der Waals surface area contributed by atoms with Crippen molar-refractivity contribution in [1.82, 2.24) is 4.57 Å². The number of halogens is 1. The van der Waals surface area contributed by atoms with Gasteiger partial charge >= 0.3 is 5.97 Å². The second-order valence-electron chi connectivity index (χ2n) is 8.20. The number of pyridine rings is 1. The van der Waals surface area contributed by atoms with Crippen molar-refractivity contribution in [3.63, 3.8) is 0 Å². The van der Waals surface area contributed by atoms with Gasteiger partial charge in [-0.15, -0.1) is 0 Å².